The number of H-pyrrole nitrogens is 1. The molecule has 3 rings (SSSR count). The molecule has 1 aliphatic heterocycles. The van der Waals surface area contributed by atoms with Crippen molar-refractivity contribution in [1.82, 2.24) is 20.1 Å². The van der Waals surface area contributed by atoms with Crippen molar-refractivity contribution in [3.8, 4) is 0 Å². The number of nitrogens with one attached hydrogen (secondary N) is 2. The minimum Gasteiger partial charge on any atom is -0.352 e. The van der Waals surface area contributed by atoms with Gasteiger partial charge >= 0.3 is 0 Å². The monoisotopic (exact) mass is 356 g/mol. The summed E-state index contributed by atoms with van der Waals surface area (Å²) in [7, 11) is 0. The third-order valence-electron chi connectivity index (χ3n) is 4.49. The van der Waals surface area contributed by atoms with Gasteiger partial charge in [0.2, 0.25) is 0 Å². The Morgan fingerprint density at radius 3 is 2.48 bits per heavy atom. The Labute approximate surface area is 153 Å². The molecule has 1 amide bonds. The fourth-order valence-corrected chi connectivity index (χ4v) is 3.26. The Balaban J connectivity index is 1.37. The van der Waals surface area contributed by atoms with E-state index in [2.05, 4.69) is 50.4 Å². The number of pyridine rings is 1. The first-order valence-corrected chi connectivity index (χ1v) is 9.08. The van der Waals surface area contributed by atoms with Crippen molar-refractivity contribution in [2.45, 2.75) is 6.54 Å². The molecule has 5 nitrogen and oxygen atoms in total. The number of amides is 1. The predicted molar refractivity (Wildman–Crippen MR) is 102 cm³/mol. The van der Waals surface area contributed by atoms with Gasteiger partial charge in [0, 0.05) is 52.0 Å². The van der Waals surface area contributed by atoms with Crippen LogP contribution in [0.4, 0.5) is 0 Å². The van der Waals surface area contributed by atoms with Gasteiger partial charge in [-0.05, 0) is 17.7 Å². The van der Waals surface area contributed by atoms with E-state index < -0.39 is 0 Å². The van der Waals surface area contributed by atoms with Crippen LogP contribution >= 0.6 is 12.2 Å². The van der Waals surface area contributed by atoms with E-state index in [4.69, 9.17) is 12.2 Å². The molecule has 0 spiro atoms. The van der Waals surface area contributed by atoms with Crippen LogP contribution in [0.5, 0.6) is 0 Å². The largest absolute Gasteiger partial charge is 0.352 e. The third-order valence-corrected chi connectivity index (χ3v) is 4.83. The van der Waals surface area contributed by atoms with Gasteiger partial charge in [0.15, 0.2) is 0 Å². The summed E-state index contributed by atoms with van der Waals surface area (Å²) in [6.07, 6.45) is 1.73. The van der Waals surface area contributed by atoms with E-state index in [0.717, 1.165) is 39.3 Å². The molecule has 2 aromatic rings. The van der Waals surface area contributed by atoms with Crippen molar-refractivity contribution in [3.05, 3.63) is 64.4 Å². The summed E-state index contributed by atoms with van der Waals surface area (Å²) in [6.45, 7) is 6.72. The zero-order valence-corrected chi connectivity index (χ0v) is 15.1. The molecular formula is C19H24N4OS. The topological polar surface area (TPSA) is 51.4 Å². The van der Waals surface area contributed by atoms with Gasteiger partial charge in [-0.3, -0.25) is 14.6 Å². The van der Waals surface area contributed by atoms with Crippen LogP contribution in [0.2, 0.25) is 0 Å². The second-order valence-electron chi connectivity index (χ2n) is 6.27. The minimum absolute atomic E-state index is 0.107. The van der Waals surface area contributed by atoms with E-state index in [1.165, 1.54) is 5.56 Å². The molecule has 0 radical (unpaired) electrons. The smallest absolute Gasteiger partial charge is 0.254 e. The van der Waals surface area contributed by atoms with Crippen LogP contribution in [0.15, 0.2) is 48.7 Å². The molecule has 1 saturated heterocycles. The van der Waals surface area contributed by atoms with Crippen LogP contribution < -0.4 is 5.32 Å². The average Bonchev–Trinajstić information content (AvgIpc) is 2.64. The number of carbonyl (C=O) groups excluding carboxylic acids is 1. The van der Waals surface area contributed by atoms with Gasteiger partial charge in [-0.2, -0.15) is 0 Å². The molecule has 0 atom stereocenters. The normalized spacial score (nSPS) is 15.8. The van der Waals surface area contributed by atoms with Crippen molar-refractivity contribution >= 4 is 18.1 Å². The molecule has 0 aliphatic carbocycles. The second-order valence-corrected chi connectivity index (χ2v) is 6.68. The average molecular weight is 356 g/mol. The summed E-state index contributed by atoms with van der Waals surface area (Å²) in [6, 6.07) is 14.1. The molecule has 0 saturated carbocycles. The van der Waals surface area contributed by atoms with E-state index >= 15 is 0 Å². The first kappa shape index (κ1) is 17.8. The van der Waals surface area contributed by atoms with E-state index in [1.807, 2.05) is 0 Å². The van der Waals surface area contributed by atoms with Gasteiger partial charge in [0.1, 0.15) is 4.64 Å². The molecular weight excluding hydrogens is 332 g/mol. The number of piperazine rings is 1. The number of rotatable bonds is 6. The number of benzene rings is 1. The van der Waals surface area contributed by atoms with Crippen LogP contribution in [-0.2, 0) is 6.54 Å². The summed E-state index contributed by atoms with van der Waals surface area (Å²) in [5.74, 6) is -0.107. The molecule has 132 valence electrons. The predicted octanol–water partition coefficient (Wildman–Crippen LogP) is 2.29. The lowest BCUT2D eigenvalue weighted by Gasteiger charge is -2.34. The quantitative estimate of drug-likeness (QED) is 0.780. The van der Waals surface area contributed by atoms with Crippen LogP contribution in [0.3, 0.4) is 0 Å². The van der Waals surface area contributed by atoms with E-state index in [9.17, 15) is 4.79 Å². The molecule has 6 heteroatoms. The van der Waals surface area contributed by atoms with E-state index in [0.29, 0.717) is 16.7 Å². The highest BCUT2D eigenvalue weighted by Crippen LogP contribution is 2.08. The number of aromatic nitrogens is 1. The minimum atomic E-state index is -0.107. The number of aromatic amines is 1. The lowest BCUT2D eigenvalue weighted by atomic mass is 10.2. The first-order valence-electron chi connectivity index (χ1n) is 8.67. The van der Waals surface area contributed by atoms with E-state index in [1.54, 1.807) is 18.3 Å². The highest BCUT2D eigenvalue weighted by Gasteiger charge is 2.17. The summed E-state index contributed by atoms with van der Waals surface area (Å²) < 4.78 is 0.481. The number of carbonyl (C=O) groups is 1. The van der Waals surface area contributed by atoms with Gasteiger partial charge in [0.05, 0.1) is 5.56 Å². The van der Waals surface area contributed by atoms with E-state index in [-0.39, 0.29) is 5.91 Å². The maximum Gasteiger partial charge on any atom is 0.254 e. The number of nitrogens with zero attached hydrogens (tertiary/aromatic N) is 2. The Kier molecular flexibility index (Phi) is 6.33. The zero-order chi connectivity index (χ0) is 17.5. The Hall–Kier alpha value is -2.02. The highest BCUT2D eigenvalue weighted by molar-refractivity contribution is 7.71. The van der Waals surface area contributed by atoms with Crippen molar-refractivity contribution in [2.24, 2.45) is 0 Å². The molecule has 2 N–H and O–H groups in total. The molecule has 0 unspecified atom stereocenters. The van der Waals surface area contributed by atoms with Gasteiger partial charge in [-0.15, -0.1) is 0 Å². The SMILES string of the molecule is O=C(NCCN1CCN(Cc2ccccc2)CC1)c1ccc[nH]c1=S. The fourth-order valence-electron chi connectivity index (χ4n) is 3.04. The van der Waals surface area contributed by atoms with Crippen LogP contribution in [0.1, 0.15) is 15.9 Å². The van der Waals surface area contributed by atoms with Crippen molar-refractivity contribution in [2.75, 3.05) is 39.3 Å². The van der Waals surface area contributed by atoms with Crippen LogP contribution in [0.25, 0.3) is 0 Å². The lowest BCUT2D eigenvalue weighted by Crippen LogP contribution is -2.48. The van der Waals surface area contributed by atoms with Crippen molar-refractivity contribution < 1.29 is 4.79 Å². The molecule has 2 heterocycles. The van der Waals surface area contributed by atoms with Crippen LogP contribution in [-0.4, -0.2) is 60.0 Å². The van der Waals surface area contributed by atoms with Crippen molar-refractivity contribution in [1.29, 1.82) is 0 Å². The first-order chi connectivity index (χ1) is 12.2. The van der Waals surface area contributed by atoms with Gasteiger partial charge in [0.25, 0.3) is 5.91 Å². The Morgan fingerprint density at radius 1 is 1.04 bits per heavy atom. The lowest BCUT2D eigenvalue weighted by molar-refractivity contribution is 0.0933. The molecule has 1 fully saturated rings. The molecule has 1 aromatic heterocycles. The van der Waals surface area contributed by atoms with Gasteiger partial charge in [-0.25, -0.2) is 0 Å². The molecule has 0 bridgehead atoms. The summed E-state index contributed by atoms with van der Waals surface area (Å²) in [4.78, 5) is 19.9. The van der Waals surface area contributed by atoms with Crippen molar-refractivity contribution in [3.63, 3.8) is 0 Å². The Morgan fingerprint density at radius 2 is 1.76 bits per heavy atom. The molecule has 1 aliphatic rings. The summed E-state index contributed by atoms with van der Waals surface area (Å²) >= 11 is 5.14. The highest BCUT2D eigenvalue weighted by atomic mass is 32.1. The van der Waals surface area contributed by atoms with Gasteiger partial charge in [-0.1, -0.05) is 42.5 Å². The molecule has 1 aromatic carbocycles. The molecule has 25 heavy (non-hydrogen) atoms. The Bertz CT molecular complexity index is 738. The summed E-state index contributed by atoms with van der Waals surface area (Å²) in [5.41, 5.74) is 1.90. The zero-order valence-electron chi connectivity index (χ0n) is 14.3. The van der Waals surface area contributed by atoms with Gasteiger partial charge < -0.3 is 10.3 Å². The standard InChI is InChI=1S/C19H24N4OS/c24-18(17-7-4-8-21-19(17)25)20-9-10-22-11-13-23(14-12-22)15-16-5-2-1-3-6-16/h1-8H,9-15H2,(H,20,24)(H,21,25). The third kappa shape index (κ3) is 5.22. The van der Waals surface area contributed by atoms with Crippen LogP contribution in [0, 0.1) is 4.64 Å². The fraction of sp³-hybridized carbons (Fsp3) is 0.368. The number of hydrogen-bond donors (Lipinski definition) is 2. The second kappa shape index (κ2) is 8.89. The number of hydrogen-bond acceptors (Lipinski definition) is 4. The maximum absolute atomic E-state index is 12.1. The maximum atomic E-state index is 12.1. The summed E-state index contributed by atoms with van der Waals surface area (Å²) in [5, 5.41) is 2.96.